The monoisotopic (exact) mass is 231 g/mol. The number of fused-ring (bicyclic) bond motifs is 1. The van der Waals surface area contributed by atoms with Crippen molar-refractivity contribution in [3.8, 4) is 5.75 Å². The minimum absolute atomic E-state index is 0.0494. The third-order valence-corrected chi connectivity index (χ3v) is 2.73. The van der Waals surface area contributed by atoms with Crippen LogP contribution in [0.5, 0.6) is 5.75 Å². The molecule has 0 saturated carbocycles. The molecule has 88 valence electrons. The van der Waals surface area contributed by atoms with E-state index in [2.05, 4.69) is 4.98 Å². The predicted octanol–water partition coefficient (Wildman–Crippen LogP) is 2.76. The molecule has 4 nitrogen and oxygen atoms in total. The van der Waals surface area contributed by atoms with Gasteiger partial charge in [0.05, 0.1) is 5.56 Å². The van der Waals surface area contributed by atoms with Gasteiger partial charge in [0, 0.05) is 11.6 Å². The predicted molar refractivity (Wildman–Crippen MR) is 64.5 cm³/mol. The minimum Gasteiger partial charge on any atom is -0.506 e. The summed E-state index contributed by atoms with van der Waals surface area (Å²) in [4.78, 5) is 15.2. The molecule has 17 heavy (non-hydrogen) atoms. The van der Waals surface area contributed by atoms with E-state index < -0.39 is 5.97 Å². The molecule has 0 aliphatic rings. The molecule has 1 aromatic carbocycles. The third-order valence-electron chi connectivity index (χ3n) is 2.73. The number of benzene rings is 1. The van der Waals surface area contributed by atoms with Gasteiger partial charge in [0.25, 0.3) is 0 Å². The zero-order chi connectivity index (χ0) is 12.6. The van der Waals surface area contributed by atoms with E-state index in [4.69, 9.17) is 5.11 Å². The molecule has 0 amide bonds. The molecule has 4 heteroatoms. The molecule has 0 radical (unpaired) electrons. The van der Waals surface area contributed by atoms with Crippen molar-refractivity contribution >= 4 is 16.9 Å². The highest BCUT2D eigenvalue weighted by atomic mass is 16.4. The molecule has 0 bridgehead atoms. The quantitative estimate of drug-likeness (QED) is 0.833. The van der Waals surface area contributed by atoms with Gasteiger partial charge in [0.15, 0.2) is 0 Å². The zero-order valence-corrected chi connectivity index (χ0v) is 9.64. The number of para-hydroxylation sites is 1. The first-order chi connectivity index (χ1) is 8.02. The maximum absolute atomic E-state index is 11.2. The molecule has 0 fully saturated rings. The van der Waals surface area contributed by atoms with Crippen LogP contribution in [0.2, 0.25) is 0 Å². The highest BCUT2D eigenvalue weighted by Crippen LogP contribution is 2.31. The van der Waals surface area contributed by atoms with E-state index in [0.717, 1.165) is 0 Å². The van der Waals surface area contributed by atoms with Crippen molar-refractivity contribution < 1.29 is 15.0 Å². The maximum Gasteiger partial charge on any atom is 0.337 e. The van der Waals surface area contributed by atoms with E-state index in [9.17, 15) is 9.90 Å². The molecule has 0 aliphatic heterocycles. The Bertz CT molecular complexity index is 590. The summed E-state index contributed by atoms with van der Waals surface area (Å²) >= 11 is 0. The number of rotatable bonds is 2. The first kappa shape index (κ1) is 11.4. The van der Waals surface area contributed by atoms with Crippen LogP contribution in [0, 0.1) is 0 Å². The smallest absolute Gasteiger partial charge is 0.337 e. The summed E-state index contributed by atoms with van der Waals surface area (Å²) in [6.45, 7) is 3.84. The lowest BCUT2D eigenvalue weighted by atomic mass is 9.94. The Hall–Kier alpha value is -2.10. The molecule has 0 unspecified atom stereocenters. The number of carboxylic acid groups (broad SMARTS) is 1. The Morgan fingerprint density at radius 3 is 2.65 bits per heavy atom. The minimum atomic E-state index is -0.994. The van der Waals surface area contributed by atoms with Crippen molar-refractivity contribution in [2.45, 2.75) is 19.8 Å². The molecule has 2 N–H and O–H groups in total. The van der Waals surface area contributed by atoms with Gasteiger partial charge < -0.3 is 10.2 Å². The zero-order valence-electron chi connectivity index (χ0n) is 9.64. The van der Waals surface area contributed by atoms with E-state index in [1.807, 2.05) is 13.8 Å². The number of phenols is 1. The molecular formula is C13H13NO3. The van der Waals surface area contributed by atoms with Crippen molar-refractivity contribution in [3.63, 3.8) is 0 Å². The summed E-state index contributed by atoms with van der Waals surface area (Å²) in [5, 5.41) is 19.5. The second kappa shape index (κ2) is 4.05. The molecule has 1 aromatic heterocycles. The van der Waals surface area contributed by atoms with Crippen LogP contribution in [0.4, 0.5) is 0 Å². The topological polar surface area (TPSA) is 70.4 Å². The van der Waals surface area contributed by atoms with Crippen LogP contribution in [0.15, 0.2) is 24.4 Å². The van der Waals surface area contributed by atoms with Gasteiger partial charge in [-0.1, -0.05) is 26.0 Å². The summed E-state index contributed by atoms with van der Waals surface area (Å²) < 4.78 is 0. The largest absolute Gasteiger partial charge is 0.506 e. The highest BCUT2D eigenvalue weighted by Gasteiger charge is 2.17. The van der Waals surface area contributed by atoms with Crippen LogP contribution in [-0.4, -0.2) is 21.2 Å². The summed E-state index contributed by atoms with van der Waals surface area (Å²) in [7, 11) is 0. The highest BCUT2D eigenvalue weighted by molar-refractivity contribution is 5.97. The second-order valence-electron chi connectivity index (χ2n) is 4.22. The normalized spacial score (nSPS) is 11.0. The fraction of sp³-hybridized carbons (Fsp3) is 0.231. The van der Waals surface area contributed by atoms with E-state index in [0.29, 0.717) is 16.5 Å². The lowest BCUT2D eigenvalue weighted by molar-refractivity contribution is 0.0695. The van der Waals surface area contributed by atoms with Gasteiger partial charge in [-0.15, -0.1) is 0 Å². The fourth-order valence-electron chi connectivity index (χ4n) is 2.02. The van der Waals surface area contributed by atoms with Gasteiger partial charge in [0.1, 0.15) is 11.3 Å². The lowest BCUT2D eigenvalue weighted by Gasteiger charge is -2.13. The van der Waals surface area contributed by atoms with Crippen molar-refractivity contribution in [1.82, 2.24) is 4.98 Å². The van der Waals surface area contributed by atoms with Crippen LogP contribution >= 0.6 is 0 Å². The Kier molecular flexibility index (Phi) is 2.71. The Labute approximate surface area is 98.5 Å². The number of hydrogen-bond donors (Lipinski definition) is 2. The number of nitrogens with zero attached hydrogens (tertiary/aromatic N) is 1. The van der Waals surface area contributed by atoms with E-state index >= 15 is 0 Å². The lowest BCUT2D eigenvalue weighted by Crippen LogP contribution is -2.06. The van der Waals surface area contributed by atoms with E-state index in [1.54, 1.807) is 18.2 Å². The summed E-state index contributed by atoms with van der Waals surface area (Å²) in [5.41, 5.74) is 1.35. The van der Waals surface area contributed by atoms with Crippen molar-refractivity contribution in [1.29, 1.82) is 0 Å². The Morgan fingerprint density at radius 2 is 2.06 bits per heavy atom. The van der Waals surface area contributed by atoms with Crippen LogP contribution < -0.4 is 0 Å². The SMILES string of the molecule is CC(C)c1c(C(=O)O)cnc2c(O)cccc12. The van der Waals surface area contributed by atoms with Crippen molar-refractivity contribution in [2.24, 2.45) is 0 Å². The van der Waals surface area contributed by atoms with Crippen LogP contribution in [-0.2, 0) is 0 Å². The van der Waals surface area contributed by atoms with Crippen LogP contribution in [0.25, 0.3) is 10.9 Å². The third kappa shape index (κ3) is 1.82. The van der Waals surface area contributed by atoms with Gasteiger partial charge in [-0.2, -0.15) is 0 Å². The van der Waals surface area contributed by atoms with Crippen molar-refractivity contribution in [2.75, 3.05) is 0 Å². The number of hydrogen-bond acceptors (Lipinski definition) is 3. The number of carbonyl (C=O) groups is 1. The molecule has 0 spiro atoms. The molecule has 2 rings (SSSR count). The molecular weight excluding hydrogens is 218 g/mol. The fourth-order valence-corrected chi connectivity index (χ4v) is 2.02. The number of aromatic carboxylic acids is 1. The van der Waals surface area contributed by atoms with Crippen LogP contribution in [0.1, 0.15) is 35.7 Å². The molecule has 0 aliphatic carbocycles. The molecule has 1 heterocycles. The Morgan fingerprint density at radius 1 is 1.35 bits per heavy atom. The first-order valence-corrected chi connectivity index (χ1v) is 5.36. The van der Waals surface area contributed by atoms with Gasteiger partial charge in [-0.05, 0) is 17.5 Å². The van der Waals surface area contributed by atoms with Gasteiger partial charge >= 0.3 is 5.97 Å². The van der Waals surface area contributed by atoms with Gasteiger partial charge in [0.2, 0.25) is 0 Å². The van der Waals surface area contributed by atoms with Crippen molar-refractivity contribution in [3.05, 3.63) is 35.5 Å². The van der Waals surface area contributed by atoms with Gasteiger partial charge in [-0.25, -0.2) is 4.79 Å². The average molecular weight is 231 g/mol. The average Bonchev–Trinajstić information content (AvgIpc) is 2.27. The van der Waals surface area contributed by atoms with E-state index in [-0.39, 0.29) is 17.2 Å². The number of pyridine rings is 1. The van der Waals surface area contributed by atoms with Crippen LogP contribution in [0.3, 0.4) is 0 Å². The first-order valence-electron chi connectivity index (χ1n) is 5.36. The summed E-state index contributed by atoms with van der Waals surface area (Å²) in [6, 6.07) is 5.01. The second-order valence-corrected chi connectivity index (χ2v) is 4.22. The number of aromatic hydroxyl groups is 1. The summed E-state index contributed by atoms with van der Waals surface area (Å²) in [6.07, 6.45) is 1.31. The number of phenolic OH excluding ortho intramolecular Hbond substituents is 1. The Balaban J connectivity index is 2.89. The molecule has 0 atom stereocenters. The molecule has 0 saturated heterocycles. The number of carboxylic acids is 1. The number of aromatic nitrogens is 1. The van der Waals surface area contributed by atoms with E-state index in [1.165, 1.54) is 6.20 Å². The summed E-state index contributed by atoms with van der Waals surface area (Å²) in [5.74, 6) is -0.874. The van der Waals surface area contributed by atoms with Gasteiger partial charge in [-0.3, -0.25) is 4.98 Å². The standard InChI is InChI=1S/C13H13NO3/c1-7(2)11-8-4-3-5-10(15)12(8)14-6-9(11)13(16)17/h3-7,15H,1-2H3,(H,16,17). The maximum atomic E-state index is 11.2. The molecule has 2 aromatic rings.